The van der Waals surface area contributed by atoms with Gasteiger partial charge >= 0.3 is 0 Å². The van der Waals surface area contributed by atoms with Crippen LogP contribution in [-0.2, 0) is 0 Å². The van der Waals surface area contributed by atoms with Gasteiger partial charge in [-0.3, -0.25) is 4.68 Å². The summed E-state index contributed by atoms with van der Waals surface area (Å²) in [6.07, 6.45) is 3.80. The molecule has 1 heterocycles. The Morgan fingerprint density at radius 2 is 2.00 bits per heavy atom. The first kappa shape index (κ1) is 13.4. The molecule has 1 saturated carbocycles. The molecule has 0 amide bonds. The second-order valence-corrected chi connectivity index (χ2v) is 5.35. The predicted molar refractivity (Wildman–Crippen MR) is 67.5 cm³/mol. The third kappa shape index (κ3) is 2.12. The Balaban J connectivity index is 2.39. The van der Waals surface area contributed by atoms with Gasteiger partial charge in [0.05, 0.1) is 18.9 Å². The summed E-state index contributed by atoms with van der Waals surface area (Å²) in [5.74, 6) is 0.538. The van der Waals surface area contributed by atoms with Crippen LogP contribution in [-0.4, -0.2) is 32.7 Å². The Bertz CT molecular complexity index is 408. The zero-order chi connectivity index (χ0) is 13.3. The molecule has 18 heavy (non-hydrogen) atoms. The number of hydrogen-bond acceptors (Lipinski definition) is 4. The van der Waals surface area contributed by atoms with Crippen molar-refractivity contribution in [3.63, 3.8) is 0 Å². The number of aliphatic hydroxyl groups excluding tert-OH is 1. The average molecular weight is 254 g/mol. The lowest BCUT2D eigenvalue weighted by Gasteiger charge is -2.30. The van der Waals surface area contributed by atoms with E-state index in [1.54, 1.807) is 18.0 Å². The molecular weight excluding hydrogens is 232 g/mol. The molecule has 0 bridgehead atoms. The van der Waals surface area contributed by atoms with E-state index in [9.17, 15) is 10.2 Å². The fourth-order valence-corrected chi connectivity index (χ4v) is 2.70. The van der Waals surface area contributed by atoms with Gasteiger partial charge in [-0.1, -0.05) is 12.8 Å². The Kier molecular flexibility index (Phi) is 3.64. The molecule has 0 spiro atoms. The zero-order valence-corrected chi connectivity index (χ0v) is 11.3. The Labute approximate surface area is 107 Å². The fraction of sp³-hybridized carbons (Fsp3) is 0.769. The van der Waals surface area contributed by atoms with E-state index in [0.29, 0.717) is 24.3 Å². The van der Waals surface area contributed by atoms with Crippen LogP contribution in [0.25, 0.3) is 0 Å². The van der Waals surface area contributed by atoms with Crippen molar-refractivity contribution in [2.75, 3.05) is 7.11 Å². The van der Waals surface area contributed by atoms with Crippen molar-refractivity contribution in [2.45, 2.75) is 57.3 Å². The summed E-state index contributed by atoms with van der Waals surface area (Å²) in [5, 5.41) is 25.3. The molecule has 1 unspecified atom stereocenters. The maximum Gasteiger partial charge on any atom is 0.162 e. The van der Waals surface area contributed by atoms with Crippen molar-refractivity contribution in [2.24, 2.45) is 0 Å². The molecule has 102 valence electrons. The molecule has 1 fully saturated rings. The van der Waals surface area contributed by atoms with Gasteiger partial charge in [-0.2, -0.15) is 5.10 Å². The Hall–Kier alpha value is -1.07. The number of aromatic nitrogens is 2. The minimum Gasteiger partial charge on any atom is -0.493 e. The summed E-state index contributed by atoms with van der Waals surface area (Å²) >= 11 is 0. The lowest BCUT2D eigenvalue weighted by atomic mass is 9.92. The van der Waals surface area contributed by atoms with E-state index in [1.807, 2.05) is 13.8 Å². The van der Waals surface area contributed by atoms with Gasteiger partial charge in [-0.15, -0.1) is 0 Å². The third-order valence-corrected chi connectivity index (χ3v) is 3.75. The summed E-state index contributed by atoms with van der Waals surface area (Å²) in [5.41, 5.74) is -0.461. The third-order valence-electron chi connectivity index (χ3n) is 3.75. The van der Waals surface area contributed by atoms with E-state index in [-0.39, 0.29) is 6.04 Å². The number of methoxy groups -OCH3 is 1. The summed E-state index contributed by atoms with van der Waals surface area (Å²) in [6, 6.07) is 0.114. The minimum atomic E-state index is -1.04. The molecule has 0 radical (unpaired) electrons. The van der Waals surface area contributed by atoms with Gasteiger partial charge < -0.3 is 14.9 Å². The quantitative estimate of drug-likeness (QED) is 0.860. The minimum absolute atomic E-state index is 0.114. The number of ether oxygens (including phenoxy) is 1. The van der Waals surface area contributed by atoms with Crippen LogP contribution in [0.2, 0.25) is 0 Å². The number of nitrogens with zero attached hydrogens (tertiary/aromatic N) is 2. The summed E-state index contributed by atoms with van der Waals surface area (Å²) < 4.78 is 6.97. The molecular formula is C13H22N2O3. The van der Waals surface area contributed by atoms with Gasteiger partial charge in [0, 0.05) is 6.04 Å². The van der Waals surface area contributed by atoms with E-state index in [1.165, 1.54) is 0 Å². The van der Waals surface area contributed by atoms with Gasteiger partial charge in [0.15, 0.2) is 5.75 Å². The molecule has 1 aromatic rings. The van der Waals surface area contributed by atoms with Crippen LogP contribution in [0.3, 0.4) is 0 Å². The Morgan fingerprint density at radius 1 is 1.39 bits per heavy atom. The molecule has 5 heteroatoms. The Morgan fingerprint density at radius 3 is 2.50 bits per heavy atom. The van der Waals surface area contributed by atoms with Crippen molar-refractivity contribution in [3.8, 4) is 5.75 Å². The van der Waals surface area contributed by atoms with Crippen molar-refractivity contribution >= 4 is 0 Å². The molecule has 1 aliphatic carbocycles. The number of hydrogen-bond donors (Lipinski definition) is 2. The average Bonchev–Trinajstić information content (AvgIpc) is 2.94. The highest BCUT2D eigenvalue weighted by atomic mass is 16.5. The SMILES string of the molecule is COc1cnn(C(C)C)c1C(O)C1(O)CCCC1. The predicted octanol–water partition coefficient (Wildman–Crippen LogP) is 1.81. The van der Waals surface area contributed by atoms with Crippen LogP contribution < -0.4 is 4.74 Å². The second kappa shape index (κ2) is 4.90. The standard InChI is InChI=1S/C13H22N2O3/c1-9(2)15-11(10(18-3)8-14-15)12(16)13(17)6-4-5-7-13/h8-9,12,16-17H,4-7H2,1-3H3. The second-order valence-electron chi connectivity index (χ2n) is 5.35. The van der Waals surface area contributed by atoms with Crippen LogP contribution in [0.1, 0.15) is 57.4 Å². The summed E-state index contributed by atoms with van der Waals surface area (Å²) in [6.45, 7) is 3.97. The van der Waals surface area contributed by atoms with E-state index >= 15 is 0 Å². The largest absolute Gasteiger partial charge is 0.493 e. The van der Waals surface area contributed by atoms with Crippen molar-refractivity contribution in [1.82, 2.24) is 9.78 Å². The first-order valence-electron chi connectivity index (χ1n) is 6.51. The first-order valence-corrected chi connectivity index (χ1v) is 6.51. The first-order chi connectivity index (χ1) is 8.49. The lowest BCUT2D eigenvalue weighted by Crippen LogP contribution is -2.34. The lowest BCUT2D eigenvalue weighted by molar-refractivity contribution is -0.0767. The van der Waals surface area contributed by atoms with E-state index < -0.39 is 11.7 Å². The number of aliphatic hydroxyl groups is 2. The van der Waals surface area contributed by atoms with Gasteiger partial charge in [0.1, 0.15) is 11.8 Å². The molecule has 5 nitrogen and oxygen atoms in total. The molecule has 1 aliphatic rings. The van der Waals surface area contributed by atoms with Crippen molar-refractivity contribution in [1.29, 1.82) is 0 Å². The highest BCUT2D eigenvalue weighted by Gasteiger charge is 2.42. The maximum absolute atomic E-state index is 10.5. The van der Waals surface area contributed by atoms with Crippen molar-refractivity contribution in [3.05, 3.63) is 11.9 Å². The highest BCUT2D eigenvalue weighted by molar-refractivity contribution is 5.30. The van der Waals surface area contributed by atoms with Gasteiger partial charge in [-0.25, -0.2) is 0 Å². The van der Waals surface area contributed by atoms with Crippen LogP contribution in [0.4, 0.5) is 0 Å². The van der Waals surface area contributed by atoms with Crippen LogP contribution >= 0.6 is 0 Å². The van der Waals surface area contributed by atoms with Crippen molar-refractivity contribution < 1.29 is 14.9 Å². The topological polar surface area (TPSA) is 67.5 Å². The molecule has 0 aromatic carbocycles. The summed E-state index contributed by atoms with van der Waals surface area (Å²) in [7, 11) is 1.55. The maximum atomic E-state index is 10.5. The number of rotatable bonds is 4. The monoisotopic (exact) mass is 254 g/mol. The van der Waals surface area contributed by atoms with Crippen LogP contribution in [0.5, 0.6) is 5.75 Å². The molecule has 0 aliphatic heterocycles. The summed E-state index contributed by atoms with van der Waals surface area (Å²) in [4.78, 5) is 0. The van der Waals surface area contributed by atoms with Crippen LogP contribution in [0, 0.1) is 0 Å². The van der Waals surface area contributed by atoms with E-state index in [0.717, 1.165) is 12.8 Å². The molecule has 1 atom stereocenters. The molecule has 2 N–H and O–H groups in total. The highest BCUT2D eigenvalue weighted by Crippen LogP contribution is 2.42. The molecule has 1 aromatic heterocycles. The van der Waals surface area contributed by atoms with Gasteiger partial charge in [0.25, 0.3) is 0 Å². The van der Waals surface area contributed by atoms with E-state index in [4.69, 9.17) is 4.74 Å². The molecule has 0 saturated heterocycles. The molecule has 2 rings (SSSR count). The van der Waals surface area contributed by atoms with Gasteiger partial charge in [-0.05, 0) is 26.7 Å². The van der Waals surface area contributed by atoms with Crippen LogP contribution in [0.15, 0.2) is 6.20 Å². The normalized spacial score (nSPS) is 20.3. The smallest absolute Gasteiger partial charge is 0.162 e. The zero-order valence-electron chi connectivity index (χ0n) is 11.3. The fourth-order valence-electron chi connectivity index (χ4n) is 2.70. The van der Waals surface area contributed by atoms with Gasteiger partial charge in [0.2, 0.25) is 0 Å². The van der Waals surface area contributed by atoms with E-state index in [2.05, 4.69) is 5.10 Å².